The molecular formula is C13H18BrNOS. The molecule has 94 valence electrons. The van der Waals surface area contributed by atoms with Crippen molar-refractivity contribution >= 4 is 33.6 Å². The molecule has 0 saturated carbocycles. The Bertz CT molecular complexity index is 325. The average Bonchev–Trinajstić information content (AvgIpc) is 2.37. The zero-order chi connectivity index (χ0) is 12.5. The Morgan fingerprint density at radius 2 is 2.00 bits per heavy atom. The molecule has 1 aromatic carbocycles. The van der Waals surface area contributed by atoms with Crippen LogP contribution in [0.4, 0.5) is 0 Å². The first-order valence-electron chi connectivity index (χ1n) is 5.79. The Morgan fingerprint density at radius 1 is 1.29 bits per heavy atom. The van der Waals surface area contributed by atoms with E-state index in [9.17, 15) is 4.79 Å². The molecule has 0 atom stereocenters. The monoisotopic (exact) mass is 315 g/mol. The van der Waals surface area contributed by atoms with Crippen LogP contribution < -0.4 is 0 Å². The van der Waals surface area contributed by atoms with Crippen molar-refractivity contribution in [3.05, 3.63) is 30.3 Å². The topological polar surface area (TPSA) is 20.3 Å². The number of hydrogen-bond acceptors (Lipinski definition) is 2. The van der Waals surface area contributed by atoms with Crippen molar-refractivity contribution in [3.63, 3.8) is 0 Å². The molecule has 0 aliphatic rings. The van der Waals surface area contributed by atoms with Crippen molar-refractivity contribution < 1.29 is 4.79 Å². The van der Waals surface area contributed by atoms with Gasteiger partial charge in [0.2, 0.25) is 5.91 Å². The van der Waals surface area contributed by atoms with Crippen LogP contribution in [0, 0.1) is 0 Å². The van der Waals surface area contributed by atoms with Gasteiger partial charge in [0, 0.05) is 23.3 Å². The molecule has 0 bridgehead atoms. The van der Waals surface area contributed by atoms with E-state index in [1.165, 1.54) is 0 Å². The van der Waals surface area contributed by atoms with E-state index < -0.39 is 0 Å². The lowest BCUT2D eigenvalue weighted by Crippen LogP contribution is -2.34. The van der Waals surface area contributed by atoms with E-state index in [0.29, 0.717) is 5.75 Å². The molecule has 1 amide bonds. The van der Waals surface area contributed by atoms with Gasteiger partial charge in [-0.25, -0.2) is 0 Å². The maximum Gasteiger partial charge on any atom is 0.232 e. The lowest BCUT2D eigenvalue weighted by molar-refractivity contribution is -0.128. The highest BCUT2D eigenvalue weighted by Crippen LogP contribution is 2.17. The zero-order valence-corrected chi connectivity index (χ0v) is 12.5. The molecule has 0 aliphatic heterocycles. The molecule has 0 N–H and O–H groups in total. The van der Waals surface area contributed by atoms with Gasteiger partial charge < -0.3 is 4.90 Å². The minimum absolute atomic E-state index is 0.222. The van der Waals surface area contributed by atoms with E-state index in [0.717, 1.165) is 29.7 Å². The third kappa shape index (κ3) is 5.59. The third-order valence-electron chi connectivity index (χ3n) is 2.31. The van der Waals surface area contributed by atoms with Gasteiger partial charge in [-0.2, -0.15) is 0 Å². The van der Waals surface area contributed by atoms with Crippen LogP contribution in [0.5, 0.6) is 0 Å². The summed E-state index contributed by atoms with van der Waals surface area (Å²) in [5, 5.41) is 0.842. The van der Waals surface area contributed by atoms with Crippen LogP contribution in [0.25, 0.3) is 0 Å². The van der Waals surface area contributed by atoms with Crippen LogP contribution in [0.15, 0.2) is 35.2 Å². The molecule has 2 nitrogen and oxygen atoms in total. The number of carbonyl (C=O) groups excluding carboxylic acids is 1. The number of hydrogen-bond donors (Lipinski definition) is 0. The van der Waals surface area contributed by atoms with Crippen LogP contribution in [0.2, 0.25) is 0 Å². The van der Waals surface area contributed by atoms with Gasteiger partial charge in [-0.1, -0.05) is 41.1 Å². The molecule has 4 heteroatoms. The summed E-state index contributed by atoms with van der Waals surface area (Å²) in [4.78, 5) is 15.1. The van der Waals surface area contributed by atoms with Crippen molar-refractivity contribution in [1.82, 2.24) is 4.90 Å². The van der Waals surface area contributed by atoms with E-state index in [2.05, 4.69) is 22.9 Å². The maximum atomic E-state index is 12.0. The van der Waals surface area contributed by atoms with Crippen molar-refractivity contribution in [3.8, 4) is 0 Å². The lowest BCUT2D eigenvalue weighted by Gasteiger charge is -2.20. The molecule has 0 unspecified atom stereocenters. The first kappa shape index (κ1) is 14.6. The maximum absolute atomic E-state index is 12.0. The molecule has 0 aliphatic carbocycles. The summed E-state index contributed by atoms with van der Waals surface area (Å²) in [5.74, 6) is 0.747. The third-order valence-corrected chi connectivity index (χ3v) is 3.66. The second-order valence-electron chi connectivity index (χ2n) is 3.67. The molecule has 0 fully saturated rings. The van der Waals surface area contributed by atoms with Crippen LogP contribution in [0.1, 0.15) is 13.3 Å². The second kappa shape index (κ2) is 8.59. The second-order valence-corrected chi connectivity index (χ2v) is 5.51. The molecular weight excluding hydrogens is 298 g/mol. The average molecular weight is 316 g/mol. The fraction of sp³-hybridized carbons (Fsp3) is 0.462. The Labute approximate surface area is 116 Å². The fourth-order valence-electron chi connectivity index (χ4n) is 1.49. The lowest BCUT2D eigenvalue weighted by atomic mass is 10.4. The molecule has 1 rings (SSSR count). The molecule has 0 heterocycles. The van der Waals surface area contributed by atoms with Gasteiger partial charge in [-0.3, -0.25) is 4.79 Å². The highest BCUT2D eigenvalue weighted by Gasteiger charge is 2.11. The SMILES string of the molecule is CCCN(CCBr)C(=O)CSc1ccccc1. The zero-order valence-electron chi connectivity index (χ0n) is 10.1. The first-order valence-corrected chi connectivity index (χ1v) is 7.90. The quantitative estimate of drug-likeness (QED) is 0.567. The van der Waals surface area contributed by atoms with Gasteiger partial charge in [0.1, 0.15) is 0 Å². The first-order chi connectivity index (χ1) is 8.27. The van der Waals surface area contributed by atoms with E-state index >= 15 is 0 Å². The van der Waals surface area contributed by atoms with Crippen molar-refractivity contribution in [2.45, 2.75) is 18.2 Å². The van der Waals surface area contributed by atoms with Gasteiger partial charge in [0.15, 0.2) is 0 Å². The summed E-state index contributed by atoms with van der Waals surface area (Å²) in [6.45, 7) is 3.74. The Kier molecular flexibility index (Phi) is 7.37. The Morgan fingerprint density at radius 3 is 2.59 bits per heavy atom. The van der Waals surface area contributed by atoms with Crippen LogP contribution in [-0.4, -0.2) is 35.0 Å². The van der Waals surface area contributed by atoms with E-state index in [1.807, 2.05) is 35.2 Å². The van der Waals surface area contributed by atoms with Gasteiger partial charge in [0.05, 0.1) is 5.75 Å². The van der Waals surface area contributed by atoms with Crippen LogP contribution >= 0.6 is 27.7 Å². The summed E-state index contributed by atoms with van der Waals surface area (Å²) < 4.78 is 0. The smallest absolute Gasteiger partial charge is 0.232 e. The number of carbonyl (C=O) groups is 1. The van der Waals surface area contributed by atoms with Crippen molar-refractivity contribution in [2.24, 2.45) is 0 Å². The molecule has 0 aromatic heterocycles. The molecule has 0 spiro atoms. The van der Waals surface area contributed by atoms with Gasteiger partial charge in [-0.15, -0.1) is 11.8 Å². The number of thioether (sulfide) groups is 1. The largest absolute Gasteiger partial charge is 0.341 e. The number of nitrogens with zero attached hydrogens (tertiary/aromatic N) is 1. The highest BCUT2D eigenvalue weighted by atomic mass is 79.9. The summed E-state index contributed by atoms with van der Waals surface area (Å²) in [6.07, 6.45) is 1.01. The molecule has 0 radical (unpaired) electrons. The van der Waals surface area contributed by atoms with E-state index in [1.54, 1.807) is 11.8 Å². The predicted molar refractivity (Wildman–Crippen MR) is 77.8 cm³/mol. The normalized spacial score (nSPS) is 10.2. The van der Waals surface area contributed by atoms with Crippen LogP contribution in [0.3, 0.4) is 0 Å². The van der Waals surface area contributed by atoms with E-state index in [4.69, 9.17) is 0 Å². The van der Waals surface area contributed by atoms with Crippen LogP contribution in [-0.2, 0) is 4.79 Å². The highest BCUT2D eigenvalue weighted by molar-refractivity contribution is 9.09. The molecule has 1 aromatic rings. The fourth-order valence-corrected chi connectivity index (χ4v) is 2.74. The van der Waals surface area contributed by atoms with Gasteiger partial charge >= 0.3 is 0 Å². The summed E-state index contributed by atoms with van der Waals surface area (Å²) in [5.41, 5.74) is 0. The van der Waals surface area contributed by atoms with Crippen molar-refractivity contribution in [2.75, 3.05) is 24.2 Å². The Balaban J connectivity index is 2.41. The molecule has 0 saturated heterocycles. The van der Waals surface area contributed by atoms with Gasteiger partial charge in [-0.05, 0) is 18.6 Å². The van der Waals surface area contributed by atoms with Gasteiger partial charge in [0.25, 0.3) is 0 Å². The summed E-state index contributed by atoms with van der Waals surface area (Å²) in [7, 11) is 0. The standard InChI is InChI=1S/C13H18BrNOS/c1-2-9-15(10-8-14)13(16)11-17-12-6-4-3-5-7-12/h3-7H,2,8-11H2,1H3. The summed E-state index contributed by atoms with van der Waals surface area (Å²) in [6, 6.07) is 10.0. The Hall–Kier alpha value is -0.480. The number of alkyl halides is 1. The van der Waals surface area contributed by atoms with Crippen molar-refractivity contribution in [1.29, 1.82) is 0 Å². The molecule has 17 heavy (non-hydrogen) atoms. The van der Waals surface area contributed by atoms with E-state index in [-0.39, 0.29) is 5.91 Å². The number of amides is 1. The minimum Gasteiger partial charge on any atom is -0.341 e. The number of halogens is 1. The minimum atomic E-state index is 0.222. The summed E-state index contributed by atoms with van der Waals surface area (Å²) >= 11 is 4.99. The number of rotatable bonds is 7. The predicted octanol–water partition coefficient (Wildman–Crippen LogP) is 3.41. The number of benzene rings is 1.